The molecule has 0 heterocycles. The highest BCUT2D eigenvalue weighted by atomic mass is 35.5. The first-order chi connectivity index (χ1) is 4.18. The molecule has 0 aromatic heterocycles. The average Bonchev–Trinajstić information content (AvgIpc) is 1.82. The minimum Gasteiger partial charge on any atom is -0.303 e. The molecule has 0 spiro atoms. The number of carbonyl (C=O) groups is 1. The summed E-state index contributed by atoms with van der Waals surface area (Å²) in [4.78, 5) is 14.1. The quantitative estimate of drug-likeness (QED) is 0.283. The summed E-state index contributed by atoms with van der Waals surface area (Å²) in [6.07, 6.45) is -0.268. The van der Waals surface area contributed by atoms with E-state index in [0.29, 0.717) is 6.41 Å². The van der Waals surface area contributed by atoms with Gasteiger partial charge in [0, 0.05) is 0 Å². The summed E-state index contributed by atoms with van der Waals surface area (Å²) in [5.74, 6) is 0. The predicted molar refractivity (Wildman–Crippen MR) is 40.8 cm³/mol. The van der Waals surface area contributed by atoms with Crippen molar-refractivity contribution >= 4 is 30.4 Å². The smallest absolute Gasteiger partial charge is 0.230 e. The van der Waals surface area contributed by atoms with Crippen molar-refractivity contribution < 1.29 is 9.63 Å². The van der Waals surface area contributed by atoms with E-state index in [1.54, 1.807) is 6.92 Å². The molecule has 0 bridgehead atoms. The molecule has 0 aliphatic heterocycles. The lowest BCUT2D eigenvalue weighted by molar-refractivity contribution is -0.125. The van der Waals surface area contributed by atoms with Gasteiger partial charge in [-0.05, 0) is 6.92 Å². The highest BCUT2D eigenvalue weighted by molar-refractivity contribution is 6.20. The summed E-state index contributed by atoms with van der Waals surface area (Å²) >= 11 is 5.46. The molecule has 0 aromatic rings. The van der Waals surface area contributed by atoms with Crippen molar-refractivity contribution in [1.29, 1.82) is 0 Å². The lowest BCUT2D eigenvalue weighted by atomic mass is 10.4. The molecule has 0 aliphatic rings. The van der Waals surface area contributed by atoms with Crippen molar-refractivity contribution in [1.82, 2.24) is 5.48 Å². The Morgan fingerprint density at radius 3 is 2.60 bits per heavy atom. The van der Waals surface area contributed by atoms with E-state index in [1.807, 2.05) is 5.48 Å². The van der Waals surface area contributed by atoms with Crippen molar-refractivity contribution in [3.8, 4) is 0 Å². The Morgan fingerprint density at radius 2 is 2.30 bits per heavy atom. The fourth-order valence-corrected chi connectivity index (χ4v) is 0.252. The standard InChI is InChI=1S/C4H9ClN2O2.ClH/c1-3(5)4(6)9-7-2-8;/h2-4H,6H2,1H3,(H,7,8);1H/t3-,4?;/m1./s1. The molecule has 3 N–H and O–H groups in total. The number of hydrogen-bond donors (Lipinski definition) is 2. The zero-order valence-electron chi connectivity index (χ0n) is 5.41. The summed E-state index contributed by atoms with van der Waals surface area (Å²) in [7, 11) is 0. The molecule has 62 valence electrons. The number of amides is 1. The van der Waals surface area contributed by atoms with Gasteiger partial charge in [0.2, 0.25) is 6.41 Å². The van der Waals surface area contributed by atoms with Crippen LogP contribution in [0.15, 0.2) is 0 Å². The van der Waals surface area contributed by atoms with E-state index in [-0.39, 0.29) is 17.8 Å². The third-order valence-electron chi connectivity index (χ3n) is 0.705. The SMILES string of the molecule is C[C@@H](Cl)C(N)ONC=O.Cl. The zero-order chi connectivity index (χ0) is 7.28. The number of hydroxylamine groups is 1. The van der Waals surface area contributed by atoms with Gasteiger partial charge in [-0.2, -0.15) is 0 Å². The number of carbonyl (C=O) groups excluding carboxylic acids is 1. The third kappa shape index (κ3) is 6.10. The molecule has 0 rings (SSSR count). The maximum absolute atomic E-state index is 9.60. The van der Waals surface area contributed by atoms with Gasteiger partial charge in [0.1, 0.15) is 6.23 Å². The average molecular weight is 189 g/mol. The summed E-state index contributed by atoms with van der Waals surface area (Å²) in [5.41, 5.74) is 7.17. The normalized spacial score (nSPS) is 14.7. The van der Waals surface area contributed by atoms with Crippen molar-refractivity contribution in [3.05, 3.63) is 0 Å². The fourth-order valence-electron chi connectivity index (χ4n) is 0.200. The number of alkyl halides is 1. The second kappa shape index (κ2) is 7.08. The van der Waals surface area contributed by atoms with Crippen molar-refractivity contribution in [3.63, 3.8) is 0 Å². The first kappa shape index (κ1) is 12.6. The van der Waals surface area contributed by atoms with Gasteiger partial charge in [0.25, 0.3) is 0 Å². The summed E-state index contributed by atoms with van der Waals surface area (Å²) in [6.45, 7) is 1.67. The van der Waals surface area contributed by atoms with Crippen molar-refractivity contribution in [2.24, 2.45) is 5.73 Å². The van der Waals surface area contributed by atoms with Crippen molar-refractivity contribution in [2.45, 2.75) is 18.5 Å². The van der Waals surface area contributed by atoms with Crippen LogP contribution < -0.4 is 11.2 Å². The van der Waals surface area contributed by atoms with Crippen LogP contribution in [-0.2, 0) is 9.63 Å². The number of nitrogens with one attached hydrogen (secondary N) is 1. The highest BCUT2D eigenvalue weighted by Crippen LogP contribution is 1.97. The van der Waals surface area contributed by atoms with Crippen LogP contribution in [0, 0.1) is 0 Å². The van der Waals surface area contributed by atoms with E-state index in [1.165, 1.54) is 0 Å². The van der Waals surface area contributed by atoms with Gasteiger partial charge in [-0.15, -0.1) is 24.0 Å². The third-order valence-corrected chi connectivity index (χ3v) is 0.953. The molecule has 0 radical (unpaired) electrons. The second-order valence-electron chi connectivity index (χ2n) is 1.50. The first-order valence-corrected chi connectivity index (χ1v) is 2.86. The number of rotatable bonds is 4. The monoisotopic (exact) mass is 188 g/mol. The van der Waals surface area contributed by atoms with Gasteiger partial charge in [-0.3, -0.25) is 9.63 Å². The van der Waals surface area contributed by atoms with Gasteiger partial charge in [0.15, 0.2) is 0 Å². The molecular formula is C4H10Cl2N2O2. The number of nitrogens with two attached hydrogens (primary N) is 1. The molecule has 0 saturated heterocycles. The first-order valence-electron chi connectivity index (χ1n) is 2.43. The summed E-state index contributed by atoms with van der Waals surface area (Å²) in [5, 5.41) is -0.322. The fraction of sp³-hybridized carbons (Fsp3) is 0.750. The van der Waals surface area contributed by atoms with Gasteiger partial charge in [0.05, 0.1) is 5.38 Å². The summed E-state index contributed by atoms with van der Waals surface area (Å²) < 4.78 is 0. The molecule has 4 nitrogen and oxygen atoms in total. The molecular weight excluding hydrogens is 179 g/mol. The van der Waals surface area contributed by atoms with Gasteiger partial charge < -0.3 is 5.73 Å². The molecule has 1 unspecified atom stereocenters. The number of halogens is 2. The van der Waals surface area contributed by atoms with Gasteiger partial charge in [-0.25, -0.2) is 5.48 Å². The van der Waals surface area contributed by atoms with Crippen LogP contribution in [0.25, 0.3) is 0 Å². The van der Waals surface area contributed by atoms with E-state index < -0.39 is 6.23 Å². The van der Waals surface area contributed by atoms with E-state index in [9.17, 15) is 4.79 Å². The van der Waals surface area contributed by atoms with Gasteiger partial charge in [-0.1, -0.05) is 0 Å². The van der Waals surface area contributed by atoms with Crippen LogP contribution >= 0.6 is 24.0 Å². The van der Waals surface area contributed by atoms with Crippen LogP contribution in [0.4, 0.5) is 0 Å². The maximum atomic E-state index is 9.60. The zero-order valence-corrected chi connectivity index (χ0v) is 6.98. The second-order valence-corrected chi connectivity index (χ2v) is 2.18. The molecule has 0 saturated carbocycles. The molecule has 1 amide bonds. The van der Waals surface area contributed by atoms with E-state index in [0.717, 1.165) is 0 Å². The Kier molecular flexibility index (Phi) is 8.94. The molecule has 6 heteroatoms. The molecule has 0 aliphatic carbocycles. The van der Waals surface area contributed by atoms with E-state index in [2.05, 4.69) is 4.84 Å². The van der Waals surface area contributed by atoms with E-state index >= 15 is 0 Å². The largest absolute Gasteiger partial charge is 0.303 e. The maximum Gasteiger partial charge on any atom is 0.230 e. The van der Waals surface area contributed by atoms with Crippen LogP contribution in [0.3, 0.4) is 0 Å². The van der Waals surface area contributed by atoms with Crippen LogP contribution in [0.5, 0.6) is 0 Å². The van der Waals surface area contributed by atoms with Gasteiger partial charge >= 0.3 is 0 Å². The van der Waals surface area contributed by atoms with E-state index in [4.69, 9.17) is 17.3 Å². The topological polar surface area (TPSA) is 64.3 Å². The molecule has 0 fully saturated rings. The highest BCUT2D eigenvalue weighted by Gasteiger charge is 2.08. The van der Waals surface area contributed by atoms with Crippen molar-refractivity contribution in [2.75, 3.05) is 0 Å². The Balaban J connectivity index is 0. The lowest BCUT2D eigenvalue weighted by Crippen LogP contribution is -2.36. The molecule has 0 aromatic carbocycles. The summed E-state index contributed by atoms with van der Waals surface area (Å²) in [6, 6.07) is 0. The Hall–Kier alpha value is -0.0300. The molecule has 2 atom stereocenters. The minimum absolute atomic E-state index is 0. The predicted octanol–water partition coefficient (Wildman–Crippen LogP) is -0.00210. The Morgan fingerprint density at radius 1 is 1.80 bits per heavy atom. The number of hydrogen-bond acceptors (Lipinski definition) is 3. The Labute approximate surface area is 70.4 Å². The van der Waals surface area contributed by atoms with Crippen LogP contribution in [-0.4, -0.2) is 18.0 Å². The van der Waals surface area contributed by atoms with Crippen LogP contribution in [0.1, 0.15) is 6.92 Å². The minimum atomic E-state index is -0.656. The Bertz CT molecular complexity index is 91.3. The lowest BCUT2D eigenvalue weighted by Gasteiger charge is -2.11. The van der Waals surface area contributed by atoms with Crippen LogP contribution in [0.2, 0.25) is 0 Å². The molecule has 10 heavy (non-hydrogen) atoms.